The fourth-order valence-corrected chi connectivity index (χ4v) is 1.96. The lowest BCUT2D eigenvalue weighted by atomic mass is 9.94. The molecule has 0 saturated heterocycles. The number of aryl methyl sites for hydroxylation is 1. The number of nitrogens with one attached hydrogen (secondary N) is 1. The Morgan fingerprint density at radius 3 is 2.94 bits per heavy atom. The number of hydrogen-bond acceptors (Lipinski definition) is 3. The summed E-state index contributed by atoms with van der Waals surface area (Å²) in [6, 6.07) is 0. The molecular formula is C13H19N3. The molecule has 0 aliphatic heterocycles. The lowest BCUT2D eigenvalue weighted by molar-refractivity contribution is 0.439. The zero-order valence-corrected chi connectivity index (χ0v) is 9.82. The number of nitrogens with zero attached hydrogens (tertiary/aromatic N) is 2. The molecule has 1 atom stereocenters. The number of rotatable bonds is 4. The molecule has 3 heteroatoms. The second-order valence-corrected chi connectivity index (χ2v) is 4.43. The maximum Gasteiger partial charge on any atom is 0.0724 e. The fourth-order valence-electron chi connectivity index (χ4n) is 1.96. The summed E-state index contributed by atoms with van der Waals surface area (Å²) in [4.78, 5) is 8.55. The van der Waals surface area contributed by atoms with Crippen molar-refractivity contribution in [2.45, 2.75) is 32.7 Å². The lowest BCUT2D eigenvalue weighted by Gasteiger charge is -2.17. The molecule has 1 aromatic heterocycles. The Balaban J connectivity index is 1.71. The van der Waals surface area contributed by atoms with Crippen molar-refractivity contribution in [1.29, 1.82) is 0 Å². The largest absolute Gasteiger partial charge is 0.311 e. The Labute approximate surface area is 97.0 Å². The summed E-state index contributed by atoms with van der Waals surface area (Å²) in [6.45, 7) is 3.87. The predicted molar refractivity (Wildman–Crippen MR) is 65.0 cm³/mol. The highest BCUT2D eigenvalue weighted by molar-refractivity contribution is 5.00. The quantitative estimate of drug-likeness (QED) is 0.786. The summed E-state index contributed by atoms with van der Waals surface area (Å²) < 4.78 is 0. The van der Waals surface area contributed by atoms with Crippen LogP contribution < -0.4 is 5.32 Å². The van der Waals surface area contributed by atoms with Gasteiger partial charge in [-0.1, -0.05) is 12.2 Å². The van der Waals surface area contributed by atoms with E-state index in [-0.39, 0.29) is 0 Å². The van der Waals surface area contributed by atoms with Crippen LogP contribution in [0, 0.1) is 12.8 Å². The minimum absolute atomic E-state index is 0.795. The molecule has 0 aromatic carbocycles. The van der Waals surface area contributed by atoms with Gasteiger partial charge in [-0.3, -0.25) is 9.97 Å². The van der Waals surface area contributed by atoms with Gasteiger partial charge in [0.25, 0.3) is 0 Å². The third-order valence-electron chi connectivity index (χ3n) is 2.95. The van der Waals surface area contributed by atoms with Gasteiger partial charge in [-0.15, -0.1) is 0 Å². The van der Waals surface area contributed by atoms with Gasteiger partial charge in [0.15, 0.2) is 0 Å². The summed E-state index contributed by atoms with van der Waals surface area (Å²) in [5.74, 6) is 0.795. The van der Waals surface area contributed by atoms with Crippen LogP contribution in [0.2, 0.25) is 0 Å². The second kappa shape index (κ2) is 5.75. The Bertz CT molecular complexity index is 343. The molecule has 0 fully saturated rings. The van der Waals surface area contributed by atoms with Gasteiger partial charge >= 0.3 is 0 Å². The van der Waals surface area contributed by atoms with Gasteiger partial charge in [0.05, 0.1) is 11.4 Å². The first-order chi connectivity index (χ1) is 7.84. The van der Waals surface area contributed by atoms with E-state index in [9.17, 15) is 0 Å². The van der Waals surface area contributed by atoms with Gasteiger partial charge in [-0.05, 0) is 38.6 Å². The van der Waals surface area contributed by atoms with Gasteiger partial charge in [-0.2, -0.15) is 0 Å². The van der Waals surface area contributed by atoms with Crippen LogP contribution in [0.4, 0.5) is 0 Å². The van der Waals surface area contributed by atoms with Crippen molar-refractivity contribution in [3.8, 4) is 0 Å². The van der Waals surface area contributed by atoms with Crippen LogP contribution in [-0.2, 0) is 6.54 Å². The topological polar surface area (TPSA) is 37.8 Å². The summed E-state index contributed by atoms with van der Waals surface area (Å²) in [5.41, 5.74) is 2.00. The lowest BCUT2D eigenvalue weighted by Crippen LogP contribution is -2.23. The SMILES string of the molecule is Cc1cnc(CNCC2CC=CCC2)cn1. The number of allylic oxidation sites excluding steroid dienone is 2. The average Bonchev–Trinajstić information content (AvgIpc) is 2.33. The molecule has 1 unspecified atom stereocenters. The van der Waals surface area contributed by atoms with E-state index >= 15 is 0 Å². The van der Waals surface area contributed by atoms with Crippen molar-refractivity contribution in [3.05, 3.63) is 35.9 Å². The Hall–Kier alpha value is -1.22. The highest BCUT2D eigenvalue weighted by atomic mass is 14.9. The van der Waals surface area contributed by atoms with Gasteiger partial charge in [-0.25, -0.2) is 0 Å². The van der Waals surface area contributed by atoms with Crippen LogP contribution >= 0.6 is 0 Å². The first-order valence-electron chi connectivity index (χ1n) is 5.98. The van der Waals surface area contributed by atoms with Crippen molar-refractivity contribution in [2.75, 3.05) is 6.54 Å². The molecule has 0 radical (unpaired) electrons. The summed E-state index contributed by atoms with van der Waals surface area (Å²) in [5, 5.41) is 3.45. The van der Waals surface area contributed by atoms with Crippen molar-refractivity contribution in [1.82, 2.24) is 15.3 Å². The zero-order chi connectivity index (χ0) is 11.2. The molecule has 1 aliphatic rings. The molecule has 0 spiro atoms. The maximum atomic E-state index is 4.32. The molecule has 1 N–H and O–H groups in total. The molecule has 0 saturated carbocycles. The fraction of sp³-hybridized carbons (Fsp3) is 0.538. The van der Waals surface area contributed by atoms with Crippen LogP contribution in [-0.4, -0.2) is 16.5 Å². The van der Waals surface area contributed by atoms with E-state index < -0.39 is 0 Å². The summed E-state index contributed by atoms with van der Waals surface area (Å²) >= 11 is 0. The van der Waals surface area contributed by atoms with E-state index in [1.165, 1.54) is 19.3 Å². The van der Waals surface area contributed by atoms with Crippen LogP contribution in [0.15, 0.2) is 24.5 Å². The Morgan fingerprint density at radius 2 is 2.25 bits per heavy atom. The zero-order valence-electron chi connectivity index (χ0n) is 9.82. The minimum Gasteiger partial charge on any atom is -0.311 e. The number of hydrogen-bond donors (Lipinski definition) is 1. The molecule has 0 amide bonds. The average molecular weight is 217 g/mol. The third-order valence-corrected chi connectivity index (χ3v) is 2.95. The first kappa shape index (κ1) is 11.3. The van der Waals surface area contributed by atoms with Crippen molar-refractivity contribution >= 4 is 0 Å². The summed E-state index contributed by atoms with van der Waals surface area (Å²) in [7, 11) is 0. The molecule has 16 heavy (non-hydrogen) atoms. The minimum atomic E-state index is 0.795. The smallest absolute Gasteiger partial charge is 0.0724 e. The normalized spacial score (nSPS) is 19.9. The van der Waals surface area contributed by atoms with Gasteiger partial charge < -0.3 is 5.32 Å². The predicted octanol–water partition coefficient (Wildman–Crippen LogP) is 2.23. The van der Waals surface area contributed by atoms with Crippen molar-refractivity contribution in [2.24, 2.45) is 5.92 Å². The molecular weight excluding hydrogens is 198 g/mol. The Kier molecular flexibility index (Phi) is 4.05. The van der Waals surface area contributed by atoms with E-state index in [4.69, 9.17) is 0 Å². The molecule has 1 aromatic rings. The van der Waals surface area contributed by atoms with Crippen LogP contribution in [0.3, 0.4) is 0 Å². The highest BCUT2D eigenvalue weighted by Gasteiger charge is 2.08. The second-order valence-electron chi connectivity index (χ2n) is 4.43. The molecule has 0 bridgehead atoms. The van der Waals surface area contributed by atoms with E-state index in [1.54, 1.807) is 0 Å². The molecule has 3 nitrogen and oxygen atoms in total. The van der Waals surface area contributed by atoms with E-state index in [0.717, 1.165) is 30.4 Å². The third kappa shape index (κ3) is 3.42. The monoisotopic (exact) mass is 217 g/mol. The standard InChI is InChI=1S/C13H19N3/c1-11-7-16-13(10-15-11)9-14-8-12-5-3-2-4-6-12/h2-3,7,10,12,14H,4-6,8-9H2,1H3. The van der Waals surface area contributed by atoms with Crippen LogP contribution in [0.1, 0.15) is 30.7 Å². The summed E-state index contributed by atoms with van der Waals surface area (Å²) in [6.07, 6.45) is 12.0. The van der Waals surface area contributed by atoms with Crippen LogP contribution in [0.25, 0.3) is 0 Å². The highest BCUT2D eigenvalue weighted by Crippen LogP contribution is 2.16. The maximum absolute atomic E-state index is 4.32. The molecule has 1 aliphatic carbocycles. The first-order valence-corrected chi connectivity index (χ1v) is 5.98. The van der Waals surface area contributed by atoms with Gasteiger partial charge in [0.2, 0.25) is 0 Å². The van der Waals surface area contributed by atoms with Crippen molar-refractivity contribution < 1.29 is 0 Å². The van der Waals surface area contributed by atoms with E-state index in [0.29, 0.717) is 0 Å². The van der Waals surface area contributed by atoms with Gasteiger partial charge in [0, 0.05) is 18.9 Å². The Morgan fingerprint density at radius 1 is 1.31 bits per heavy atom. The molecule has 86 valence electrons. The van der Waals surface area contributed by atoms with E-state index in [2.05, 4.69) is 27.4 Å². The molecule has 2 rings (SSSR count). The van der Waals surface area contributed by atoms with Gasteiger partial charge in [0.1, 0.15) is 0 Å². The van der Waals surface area contributed by atoms with Crippen LogP contribution in [0.5, 0.6) is 0 Å². The van der Waals surface area contributed by atoms with E-state index in [1.807, 2.05) is 19.3 Å². The molecule has 1 heterocycles. The number of aromatic nitrogens is 2. The van der Waals surface area contributed by atoms with Crippen molar-refractivity contribution in [3.63, 3.8) is 0 Å².